The molecule has 0 aliphatic heterocycles. The lowest BCUT2D eigenvalue weighted by Gasteiger charge is -2.12. The van der Waals surface area contributed by atoms with Crippen LogP contribution >= 0.6 is 0 Å². The Kier molecular flexibility index (Phi) is 5.76. The maximum atomic E-state index is 11.8. The maximum absolute atomic E-state index is 11.8. The molecule has 4 rings (SSSR count). The number of furan rings is 1. The quantitative estimate of drug-likeness (QED) is 0.487. The third-order valence-corrected chi connectivity index (χ3v) is 4.79. The number of amides is 1. The van der Waals surface area contributed by atoms with Crippen molar-refractivity contribution in [1.29, 1.82) is 0 Å². The van der Waals surface area contributed by atoms with E-state index in [9.17, 15) is 4.79 Å². The molecule has 4 aromatic rings. The van der Waals surface area contributed by atoms with E-state index in [0.29, 0.717) is 25.5 Å². The molecule has 8 nitrogen and oxygen atoms in total. The number of nitrogens with zero attached hydrogens (tertiary/aromatic N) is 4. The van der Waals surface area contributed by atoms with Gasteiger partial charge in [-0.1, -0.05) is 30.3 Å². The summed E-state index contributed by atoms with van der Waals surface area (Å²) in [6.07, 6.45) is 5.47. The highest BCUT2D eigenvalue weighted by atomic mass is 16.5. The highest BCUT2D eigenvalue weighted by Crippen LogP contribution is 2.31. The van der Waals surface area contributed by atoms with E-state index in [0.717, 1.165) is 22.8 Å². The molecule has 0 saturated carbocycles. The van der Waals surface area contributed by atoms with E-state index in [4.69, 9.17) is 9.15 Å². The second-order valence-electron chi connectivity index (χ2n) is 6.72. The van der Waals surface area contributed by atoms with E-state index in [1.807, 2.05) is 45.7 Å². The second kappa shape index (κ2) is 8.79. The molecule has 0 aliphatic rings. The van der Waals surface area contributed by atoms with Crippen LogP contribution in [0, 0.1) is 0 Å². The summed E-state index contributed by atoms with van der Waals surface area (Å²) >= 11 is 0. The first-order valence-electron chi connectivity index (χ1n) is 9.63. The van der Waals surface area contributed by atoms with Crippen molar-refractivity contribution in [3.05, 3.63) is 72.7 Å². The number of carbonyl (C=O) groups is 1. The number of ether oxygens (including phenoxy) is 1. The molecule has 0 unspecified atom stereocenters. The third-order valence-electron chi connectivity index (χ3n) is 4.79. The van der Waals surface area contributed by atoms with Crippen LogP contribution in [0.4, 0.5) is 0 Å². The number of benzene rings is 1. The molecule has 0 spiro atoms. The van der Waals surface area contributed by atoms with Gasteiger partial charge in [-0.25, -0.2) is 9.97 Å². The minimum atomic E-state index is -0.257. The number of carbonyl (C=O) groups excluding carboxylic acids is 1. The summed E-state index contributed by atoms with van der Waals surface area (Å²) in [5.41, 5.74) is 2.71. The van der Waals surface area contributed by atoms with E-state index < -0.39 is 0 Å². The highest BCUT2D eigenvalue weighted by Gasteiger charge is 2.20. The zero-order valence-corrected chi connectivity index (χ0v) is 16.9. The van der Waals surface area contributed by atoms with E-state index in [2.05, 4.69) is 15.3 Å². The predicted octanol–water partition coefficient (Wildman–Crippen LogP) is 3.06. The monoisotopic (exact) mass is 405 g/mol. The van der Waals surface area contributed by atoms with Gasteiger partial charge in [0, 0.05) is 38.7 Å². The first-order valence-corrected chi connectivity index (χ1v) is 9.63. The molecular weight excluding hydrogens is 382 g/mol. The van der Waals surface area contributed by atoms with Crippen LogP contribution in [0.2, 0.25) is 0 Å². The molecular formula is C22H23N5O3. The fourth-order valence-electron chi connectivity index (χ4n) is 3.32. The topological polar surface area (TPSA) is 87.1 Å². The molecule has 3 aromatic heterocycles. The van der Waals surface area contributed by atoms with Crippen LogP contribution < -0.4 is 5.32 Å². The average molecular weight is 405 g/mol. The van der Waals surface area contributed by atoms with Gasteiger partial charge in [-0.15, -0.1) is 0 Å². The van der Waals surface area contributed by atoms with Crippen LogP contribution in [0.15, 0.2) is 65.6 Å². The van der Waals surface area contributed by atoms with Crippen LogP contribution in [0.3, 0.4) is 0 Å². The zero-order chi connectivity index (χ0) is 20.9. The molecule has 1 N–H and O–H groups in total. The fourth-order valence-corrected chi connectivity index (χ4v) is 3.32. The van der Waals surface area contributed by atoms with Gasteiger partial charge in [-0.2, -0.15) is 0 Å². The van der Waals surface area contributed by atoms with E-state index >= 15 is 0 Å². The Balaban J connectivity index is 1.76. The normalized spacial score (nSPS) is 11.0. The average Bonchev–Trinajstić information content (AvgIpc) is 3.52. The van der Waals surface area contributed by atoms with Gasteiger partial charge in [0.25, 0.3) is 5.91 Å². The largest absolute Gasteiger partial charge is 0.454 e. The number of rotatable bonds is 8. The summed E-state index contributed by atoms with van der Waals surface area (Å²) in [6.45, 7) is 1.67. The molecule has 0 atom stereocenters. The third kappa shape index (κ3) is 3.90. The highest BCUT2D eigenvalue weighted by molar-refractivity contribution is 5.91. The summed E-state index contributed by atoms with van der Waals surface area (Å²) in [7, 11) is 3.25. The van der Waals surface area contributed by atoms with Crippen LogP contribution in [0.25, 0.3) is 22.8 Å². The SMILES string of the molecule is CNC(=O)c1ccc(Cn2cnc(-c3ccccc3)c2-c2nccn2CCOC)o1. The molecule has 0 aliphatic carbocycles. The van der Waals surface area contributed by atoms with Crippen molar-refractivity contribution in [2.24, 2.45) is 0 Å². The maximum Gasteiger partial charge on any atom is 0.286 e. The number of nitrogens with one attached hydrogen (secondary N) is 1. The van der Waals surface area contributed by atoms with Crippen LogP contribution in [0.1, 0.15) is 16.3 Å². The van der Waals surface area contributed by atoms with Gasteiger partial charge in [0.1, 0.15) is 11.5 Å². The Hall–Kier alpha value is -3.65. The summed E-state index contributed by atoms with van der Waals surface area (Å²) in [4.78, 5) is 21.1. The van der Waals surface area contributed by atoms with E-state index in [-0.39, 0.29) is 11.7 Å². The Bertz CT molecular complexity index is 1130. The number of aromatic nitrogens is 4. The van der Waals surface area contributed by atoms with Crippen LogP contribution in [0.5, 0.6) is 0 Å². The number of hydrogen-bond donors (Lipinski definition) is 1. The molecule has 30 heavy (non-hydrogen) atoms. The summed E-state index contributed by atoms with van der Waals surface area (Å²) in [5.74, 6) is 1.47. The number of methoxy groups -OCH3 is 1. The van der Waals surface area contributed by atoms with Crippen molar-refractivity contribution in [3.63, 3.8) is 0 Å². The first kappa shape index (κ1) is 19.7. The molecule has 154 valence electrons. The zero-order valence-electron chi connectivity index (χ0n) is 16.9. The van der Waals surface area contributed by atoms with Gasteiger partial charge in [0.2, 0.25) is 0 Å². The lowest BCUT2D eigenvalue weighted by molar-refractivity contribution is 0.0933. The van der Waals surface area contributed by atoms with Crippen molar-refractivity contribution in [3.8, 4) is 22.8 Å². The second-order valence-corrected chi connectivity index (χ2v) is 6.72. The van der Waals surface area contributed by atoms with E-state index in [1.165, 1.54) is 0 Å². The van der Waals surface area contributed by atoms with E-state index in [1.54, 1.807) is 38.8 Å². The summed E-state index contributed by atoms with van der Waals surface area (Å²) in [5, 5.41) is 2.57. The van der Waals surface area contributed by atoms with Crippen molar-refractivity contribution in [2.75, 3.05) is 20.8 Å². The van der Waals surface area contributed by atoms with Crippen molar-refractivity contribution in [1.82, 2.24) is 24.4 Å². The molecule has 1 amide bonds. The minimum absolute atomic E-state index is 0.257. The summed E-state index contributed by atoms with van der Waals surface area (Å²) < 4.78 is 15.0. The van der Waals surface area contributed by atoms with Crippen LogP contribution in [-0.2, 0) is 17.8 Å². The van der Waals surface area contributed by atoms with Crippen molar-refractivity contribution >= 4 is 5.91 Å². The van der Waals surface area contributed by atoms with Crippen LogP contribution in [-0.4, -0.2) is 45.8 Å². The van der Waals surface area contributed by atoms with Gasteiger partial charge in [-0.05, 0) is 12.1 Å². The first-order chi connectivity index (χ1) is 14.7. The number of hydrogen-bond acceptors (Lipinski definition) is 5. The smallest absolute Gasteiger partial charge is 0.286 e. The minimum Gasteiger partial charge on any atom is -0.454 e. The van der Waals surface area contributed by atoms with Gasteiger partial charge in [0.05, 0.1) is 25.2 Å². The lowest BCUT2D eigenvalue weighted by Crippen LogP contribution is -2.16. The Morgan fingerprint density at radius 2 is 1.97 bits per heavy atom. The predicted molar refractivity (Wildman–Crippen MR) is 112 cm³/mol. The Morgan fingerprint density at radius 1 is 1.13 bits per heavy atom. The molecule has 0 radical (unpaired) electrons. The molecule has 3 heterocycles. The molecule has 0 fully saturated rings. The lowest BCUT2D eigenvalue weighted by atomic mass is 10.1. The van der Waals surface area contributed by atoms with Gasteiger partial charge in [-0.3, -0.25) is 4.79 Å². The molecule has 0 saturated heterocycles. The van der Waals surface area contributed by atoms with Crippen molar-refractivity contribution in [2.45, 2.75) is 13.1 Å². The Labute approximate surface area is 174 Å². The standard InChI is InChI=1S/C22H23N5O3/c1-23-22(28)18-9-8-17(30-18)14-27-15-25-19(16-6-4-3-5-7-16)20(27)21-24-10-11-26(21)12-13-29-2/h3-11,15H,12-14H2,1-2H3,(H,23,28). The summed E-state index contributed by atoms with van der Waals surface area (Å²) in [6, 6.07) is 13.5. The van der Waals surface area contributed by atoms with Gasteiger partial charge >= 0.3 is 0 Å². The molecule has 8 heteroatoms. The fraction of sp³-hybridized carbons (Fsp3) is 0.227. The number of imidazole rings is 2. The molecule has 1 aromatic carbocycles. The van der Waals surface area contributed by atoms with Gasteiger partial charge in [0.15, 0.2) is 11.6 Å². The van der Waals surface area contributed by atoms with Crippen molar-refractivity contribution < 1.29 is 13.9 Å². The van der Waals surface area contributed by atoms with Gasteiger partial charge < -0.3 is 23.6 Å². The Morgan fingerprint density at radius 3 is 2.73 bits per heavy atom. The molecule has 0 bridgehead atoms.